The minimum atomic E-state index is -0.353. The standard InChI is InChI=1S/C14H12ClN3O2/c1-9(19)17-11-2-3-13(15)12(8-11)14(20)18-10-4-6-16-7-5-10/h2-8H,1H3,(H,17,19)(H,16,18,20). The molecule has 5 nitrogen and oxygen atoms in total. The molecular formula is C14H12ClN3O2. The summed E-state index contributed by atoms with van der Waals surface area (Å²) in [6.45, 7) is 1.39. The highest BCUT2D eigenvalue weighted by atomic mass is 35.5. The van der Waals surface area contributed by atoms with Gasteiger partial charge in [0, 0.05) is 30.7 Å². The lowest BCUT2D eigenvalue weighted by molar-refractivity contribution is -0.114. The summed E-state index contributed by atoms with van der Waals surface area (Å²) in [6.07, 6.45) is 3.15. The van der Waals surface area contributed by atoms with E-state index in [0.717, 1.165) is 0 Å². The van der Waals surface area contributed by atoms with Gasteiger partial charge in [-0.2, -0.15) is 0 Å². The number of hydrogen-bond acceptors (Lipinski definition) is 3. The number of halogens is 1. The molecule has 1 aromatic carbocycles. The van der Waals surface area contributed by atoms with E-state index < -0.39 is 0 Å². The van der Waals surface area contributed by atoms with Crippen LogP contribution in [0.4, 0.5) is 11.4 Å². The third-order valence-corrected chi connectivity index (χ3v) is 2.80. The van der Waals surface area contributed by atoms with Gasteiger partial charge in [0.15, 0.2) is 0 Å². The van der Waals surface area contributed by atoms with Crippen LogP contribution in [0.25, 0.3) is 0 Å². The van der Waals surface area contributed by atoms with Crippen molar-refractivity contribution in [3.05, 3.63) is 53.3 Å². The van der Waals surface area contributed by atoms with Crippen LogP contribution in [0.2, 0.25) is 5.02 Å². The summed E-state index contributed by atoms with van der Waals surface area (Å²) >= 11 is 6.01. The smallest absolute Gasteiger partial charge is 0.257 e. The van der Waals surface area contributed by atoms with Gasteiger partial charge in [0.2, 0.25) is 5.91 Å². The van der Waals surface area contributed by atoms with E-state index in [9.17, 15) is 9.59 Å². The quantitative estimate of drug-likeness (QED) is 0.912. The van der Waals surface area contributed by atoms with Crippen molar-refractivity contribution in [3.8, 4) is 0 Å². The number of nitrogens with one attached hydrogen (secondary N) is 2. The van der Waals surface area contributed by atoms with Crippen LogP contribution < -0.4 is 10.6 Å². The minimum Gasteiger partial charge on any atom is -0.326 e. The molecule has 20 heavy (non-hydrogen) atoms. The molecule has 0 spiro atoms. The zero-order valence-electron chi connectivity index (χ0n) is 10.7. The van der Waals surface area contributed by atoms with Crippen LogP contribution >= 0.6 is 11.6 Å². The number of carbonyl (C=O) groups excluding carboxylic acids is 2. The van der Waals surface area contributed by atoms with E-state index >= 15 is 0 Å². The van der Waals surface area contributed by atoms with Crippen molar-refractivity contribution in [1.82, 2.24) is 4.98 Å². The Kier molecular flexibility index (Phi) is 4.32. The molecule has 0 atom stereocenters. The summed E-state index contributed by atoms with van der Waals surface area (Å²) in [5, 5.41) is 5.62. The van der Waals surface area contributed by atoms with Crippen molar-refractivity contribution in [2.45, 2.75) is 6.92 Å². The number of pyridine rings is 1. The molecule has 1 aromatic heterocycles. The molecule has 0 saturated carbocycles. The molecule has 2 amide bonds. The Balaban J connectivity index is 2.22. The van der Waals surface area contributed by atoms with Gasteiger partial charge in [0.25, 0.3) is 5.91 Å². The average Bonchev–Trinajstić information content (AvgIpc) is 2.41. The van der Waals surface area contributed by atoms with Crippen molar-refractivity contribution in [3.63, 3.8) is 0 Å². The van der Waals surface area contributed by atoms with Crippen LogP contribution in [-0.4, -0.2) is 16.8 Å². The van der Waals surface area contributed by atoms with Crippen molar-refractivity contribution in [2.75, 3.05) is 10.6 Å². The van der Waals surface area contributed by atoms with Crippen molar-refractivity contribution in [1.29, 1.82) is 0 Å². The third-order valence-electron chi connectivity index (χ3n) is 2.47. The first-order valence-corrected chi connectivity index (χ1v) is 6.22. The Morgan fingerprint density at radius 3 is 2.40 bits per heavy atom. The first-order valence-electron chi connectivity index (χ1n) is 5.85. The van der Waals surface area contributed by atoms with Gasteiger partial charge in [-0.05, 0) is 30.3 Å². The average molecular weight is 290 g/mol. The van der Waals surface area contributed by atoms with E-state index in [-0.39, 0.29) is 17.4 Å². The molecule has 102 valence electrons. The van der Waals surface area contributed by atoms with E-state index in [0.29, 0.717) is 16.4 Å². The summed E-state index contributed by atoms with van der Waals surface area (Å²) in [5.74, 6) is -0.568. The van der Waals surface area contributed by atoms with E-state index in [1.807, 2.05) is 0 Å². The maximum atomic E-state index is 12.1. The molecule has 0 aliphatic heterocycles. The van der Waals surface area contributed by atoms with E-state index in [2.05, 4.69) is 15.6 Å². The summed E-state index contributed by atoms with van der Waals surface area (Å²) in [4.78, 5) is 27.0. The Hall–Kier alpha value is -2.40. The second kappa shape index (κ2) is 6.16. The topological polar surface area (TPSA) is 71.1 Å². The maximum Gasteiger partial charge on any atom is 0.257 e. The van der Waals surface area contributed by atoms with Crippen LogP contribution in [0.3, 0.4) is 0 Å². The van der Waals surface area contributed by atoms with Crippen LogP contribution in [0.5, 0.6) is 0 Å². The van der Waals surface area contributed by atoms with Gasteiger partial charge in [-0.25, -0.2) is 0 Å². The summed E-state index contributed by atoms with van der Waals surface area (Å²) in [5.41, 5.74) is 1.42. The minimum absolute atomic E-state index is 0.215. The van der Waals surface area contributed by atoms with Crippen LogP contribution in [0, 0.1) is 0 Å². The molecule has 0 bridgehead atoms. The van der Waals surface area contributed by atoms with Crippen LogP contribution in [0.1, 0.15) is 17.3 Å². The fourth-order valence-electron chi connectivity index (χ4n) is 1.61. The number of amides is 2. The number of rotatable bonds is 3. The highest BCUT2D eigenvalue weighted by Crippen LogP contribution is 2.21. The molecule has 0 aliphatic carbocycles. The van der Waals surface area contributed by atoms with Gasteiger partial charge in [0.05, 0.1) is 10.6 Å². The molecule has 0 unspecified atom stereocenters. The number of benzene rings is 1. The number of hydrogen-bond donors (Lipinski definition) is 2. The fourth-order valence-corrected chi connectivity index (χ4v) is 1.82. The molecule has 0 saturated heterocycles. The normalized spacial score (nSPS) is 9.90. The van der Waals surface area contributed by atoms with Crippen molar-refractivity contribution < 1.29 is 9.59 Å². The second-order valence-electron chi connectivity index (χ2n) is 4.07. The molecule has 2 rings (SSSR count). The van der Waals surface area contributed by atoms with Gasteiger partial charge in [-0.3, -0.25) is 14.6 Å². The SMILES string of the molecule is CC(=O)Nc1ccc(Cl)c(C(=O)Nc2ccncc2)c1. The van der Waals surface area contributed by atoms with Crippen LogP contribution in [0.15, 0.2) is 42.7 Å². The van der Waals surface area contributed by atoms with Gasteiger partial charge < -0.3 is 10.6 Å². The Morgan fingerprint density at radius 1 is 1.05 bits per heavy atom. The first-order chi connectivity index (χ1) is 9.56. The summed E-state index contributed by atoms with van der Waals surface area (Å²) < 4.78 is 0. The molecular weight excluding hydrogens is 278 g/mol. The predicted molar refractivity (Wildman–Crippen MR) is 77.9 cm³/mol. The molecule has 0 fully saturated rings. The molecule has 2 aromatic rings. The van der Waals surface area contributed by atoms with Crippen molar-refractivity contribution >= 4 is 34.8 Å². The molecule has 2 N–H and O–H groups in total. The number of anilines is 2. The maximum absolute atomic E-state index is 12.1. The van der Waals surface area contributed by atoms with E-state index in [1.54, 1.807) is 36.7 Å². The molecule has 6 heteroatoms. The highest BCUT2D eigenvalue weighted by molar-refractivity contribution is 6.34. The van der Waals surface area contributed by atoms with Crippen molar-refractivity contribution in [2.24, 2.45) is 0 Å². The van der Waals surface area contributed by atoms with Gasteiger partial charge in [-0.1, -0.05) is 11.6 Å². The zero-order valence-corrected chi connectivity index (χ0v) is 11.4. The Labute approximate surface area is 121 Å². The molecule has 1 heterocycles. The fraction of sp³-hybridized carbons (Fsp3) is 0.0714. The number of aromatic nitrogens is 1. The Morgan fingerprint density at radius 2 is 1.75 bits per heavy atom. The monoisotopic (exact) mass is 289 g/mol. The molecule has 0 aliphatic rings. The largest absolute Gasteiger partial charge is 0.326 e. The second-order valence-corrected chi connectivity index (χ2v) is 4.47. The van der Waals surface area contributed by atoms with Crippen LogP contribution in [-0.2, 0) is 4.79 Å². The number of carbonyl (C=O) groups is 2. The van der Waals surface area contributed by atoms with E-state index in [1.165, 1.54) is 13.0 Å². The van der Waals surface area contributed by atoms with Gasteiger partial charge >= 0.3 is 0 Å². The first kappa shape index (κ1) is 14.0. The zero-order chi connectivity index (χ0) is 14.5. The van der Waals surface area contributed by atoms with E-state index in [4.69, 9.17) is 11.6 Å². The summed E-state index contributed by atoms with van der Waals surface area (Å²) in [7, 11) is 0. The highest BCUT2D eigenvalue weighted by Gasteiger charge is 2.12. The van der Waals surface area contributed by atoms with Gasteiger partial charge in [-0.15, -0.1) is 0 Å². The third kappa shape index (κ3) is 3.55. The van der Waals surface area contributed by atoms with Gasteiger partial charge in [0.1, 0.15) is 0 Å². The molecule has 0 radical (unpaired) electrons. The lowest BCUT2D eigenvalue weighted by Crippen LogP contribution is -2.13. The lowest BCUT2D eigenvalue weighted by atomic mass is 10.1. The Bertz CT molecular complexity index is 644. The number of nitrogens with zero attached hydrogens (tertiary/aromatic N) is 1. The lowest BCUT2D eigenvalue weighted by Gasteiger charge is -2.09. The summed E-state index contributed by atoms with van der Waals surface area (Å²) in [6, 6.07) is 8.06. The predicted octanol–water partition coefficient (Wildman–Crippen LogP) is 2.95.